The van der Waals surface area contributed by atoms with Crippen molar-refractivity contribution in [1.29, 1.82) is 0 Å². The van der Waals surface area contributed by atoms with Crippen LogP contribution in [-0.4, -0.2) is 10.5 Å². The zero-order valence-electron chi connectivity index (χ0n) is 9.34. The first kappa shape index (κ1) is 11.8. The van der Waals surface area contributed by atoms with Crippen LogP contribution in [0.4, 0.5) is 10.1 Å². The van der Waals surface area contributed by atoms with Gasteiger partial charge in [-0.15, -0.1) is 0 Å². The van der Waals surface area contributed by atoms with Crippen LogP contribution in [0.5, 0.6) is 0 Å². The number of benzene rings is 2. The molecule has 0 saturated carbocycles. The van der Waals surface area contributed by atoms with Crippen LogP contribution in [0.15, 0.2) is 63.9 Å². The van der Waals surface area contributed by atoms with E-state index in [1.54, 1.807) is 36.4 Å². The fourth-order valence-electron chi connectivity index (χ4n) is 1.44. The highest BCUT2D eigenvalue weighted by atomic mass is 32.2. The smallest absolute Gasteiger partial charge is 0.149 e. The van der Waals surface area contributed by atoms with E-state index in [1.165, 1.54) is 18.4 Å². The second-order valence-electron chi connectivity index (χ2n) is 3.66. The van der Waals surface area contributed by atoms with E-state index in [0.29, 0.717) is 4.90 Å². The van der Waals surface area contributed by atoms with Crippen molar-refractivity contribution < 1.29 is 8.60 Å². The molecule has 0 saturated heterocycles. The molecule has 17 heavy (non-hydrogen) atoms. The van der Waals surface area contributed by atoms with E-state index >= 15 is 0 Å². The maximum absolute atomic E-state index is 13.4. The third-order valence-corrected chi connectivity index (χ3v) is 4.00. The van der Waals surface area contributed by atoms with Crippen LogP contribution in [0, 0.1) is 5.82 Å². The Kier molecular flexibility index (Phi) is 3.24. The molecular weight excluding hydrogens is 237 g/mol. The van der Waals surface area contributed by atoms with Gasteiger partial charge in [0.1, 0.15) is 11.5 Å². The molecule has 0 aliphatic rings. The van der Waals surface area contributed by atoms with E-state index in [-0.39, 0.29) is 5.69 Å². The third kappa shape index (κ3) is 2.71. The summed E-state index contributed by atoms with van der Waals surface area (Å²) in [4.78, 5) is 0.600. The lowest BCUT2D eigenvalue weighted by atomic mass is 10.3. The van der Waals surface area contributed by atoms with Gasteiger partial charge in [0, 0.05) is 11.2 Å². The van der Waals surface area contributed by atoms with E-state index in [0.717, 1.165) is 0 Å². The van der Waals surface area contributed by atoms with Crippen molar-refractivity contribution in [2.75, 3.05) is 6.26 Å². The van der Waals surface area contributed by atoms with E-state index in [9.17, 15) is 8.60 Å². The van der Waals surface area contributed by atoms with E-state index in [4.69, 9.17) is 0 Å². The fourth-order valence-corrected chi connectivity index (χ4v) is 2.73. The summed E-state index contributed by atoms with van der Waals surface area (Å²) in [6.45, 7) is 0. The molecule has 2 nitrogen and oxygen atoms in total. The highest BCUT2D eigenvalue weighted by Crippen LogP contribution is 2.21. The molecule has 2 aromatic rings. The highest BCUT2D eigenvalue weighted by Gasteiger charge is 2.07. The van der Waals surface area contributed by atoms with Gasteiger partial charge in [-0.3, -0.25) is 0 Å². The first-order valence-corrected chi connectivity index (χ1v) is 7.04. The molecule has 0 aliphatic heterocycles. The summed E-state index contributed by atoms with van der Waals surface area (Å²) in [6, 6.07) is 14.9. The minimum Gasteiger partial charge on any atom is -0.245 e. The van der Waals surface area contributed by atoms with Gasteiger partial charge in [-0.25, -0.2) is 8.60 Å². The normalized spacial score (nSPS) is 14.0. The molecule has 0 amide bonds. The lowest BCUT2D eigenvalue weighted by Crippen LogP contribution is -1.96. The minimum absolute atomic E-state index is 0.129. The molecule has 0 heterocycles. The number of nitrogens with zero attached hydrogens (tertiary/aromatic N) is 1. The van der Waals surface area contributed by atoms with Gasteiger partial charge in [-0.2, -0.15) is 4.36 Å². The van der Waals surface area contributed by atoms with Gasteiger partial charge >= 0.3 is 0 Å². The van der Waals surface area contributed by atoms with Crippen LogP contribution in [0.1, 0.15) is 0 Å². The Morgan fingerprint density at radius 3 is 2.24 bits per heavy atom. The second kappa shape index (κ2) is 4.67. The Bertz CT molecular complexity index is 631. The molecule has 0 unspecified atom stereocenters. The largest absolute Gasteiger partial charge is 0.245 e. The average molecular weight is 249 g/mol. The van der Waals surface area contributed by atoms with Gasteiger partial charge < -0.3 is 0 Å². The topological polar surface area (TPSA) is 29.4 Å². The van der Waals surface area contributed by atoms with Crippen LogP contribution in [0.3, 0.4) is 0 Å². The molecule has 0 spiro atoms. The summed E-state index contributed by atoms with van der Waals surface area (Å²) < 4.78 is 29.8. The standard InChI is InChI=1S/C13H12FNOS/c1-17(16,11-7-3-2-4-8-11)15-13-10-6-5-9-12(13)14/h2-10H,1H3/t17-/m0/s1. The number of rotatable bonds is 2. The van der Waals surface area contributed by atoms with Crippen LogP contribution < -0.4 is 0 Å². The molecular formula is C13H12FNOS. The Balaban J connectivity index is 2.54. The molecule has 0 bridgehead atoms. The summed E-state index contributed by atoms with van der Waals surface area (Å²) in [5, 5.41) is 0. The van der Waals surface area contributed by atoms with Crippen LogP contribution in [0.25, 0.3) is 0 Å². The molecule has 0 N–H and O–H groups in total. The number of hydrogen-bond donors (Lipinski definition) is 0. The maximum atomic E-state index is 13.4. The third-order valence-electron chi connectivity index (χ3n) is 2.31. The lowest BCUT2D eigenvalue weighted by molar-refractivity contribution is 0.629. The molecule has 2 rings (SSSR count). The van der Waals surface area contributed by atoms with Gasteiger partial charge in [0.15, 0.2) is 0 Å². The Morgan fingerprint density at radius 1 is 1.00 bits per heavy atom. The van der Waals surface area contributed by atoms with Crippen molar-refractivity contribution in [1.82, 2.24) is 0 Å². The Labute approximate surface area is 100 Å². The quantitative estimate of drug-likeness (QED) is 0.799. The van der Waals surface area contributed by atoms with Crippen molar-refractivity contribution >= 4 is 15.4 Å². The SMILES string of the molecule is C[S@@](=O)(=Nc1ccccc1F)c1ccccc1. The summed E-state index contributed by atoms with van der Waals surface area (Å²) in [6.07, 6.45) is 1.51. The van der Waals surface area contributed by atoms with Crippen molar-refractivity contribution in [2.24, 2.45) is 4.36 Å². The van der Waals surface area contributed by atoms with Crippen molar-refractivity contribution in [3.63, 3.8) is 0 Å². The van der Waals surface area contributed by atoms with Crippen molar-refractivity contribution in [2.45, 2.75) is 4.90 Å². The predicted molar refractivity (Wildman–Crippen MR) is 67.3 cm³/mol. The van der Waals surface area contributed by atoms with Gasteiger partial charge in [0.2, 0.25) is 0 Å². The minimum atomic E-state index is -2.60. The van der Waals surface area contributed by atoms with Crippen LogP contribution in [0.2, 0.25) is 0 Å². The summed E-state index contributed by atoms with van der Waals surface area (Å²) in [7, 11) is -2.60. The van der Waals surface area contributed by atoms with Gasteiger partial charge in [0.05, 0.1) is 9.73 Å². The Hall–Kier alpha value is -1.68. The molecule has 0 aromatic heterocycles. The molecule has 0 radical (unpaired) electrons. The van der Waals surface area contributed by atoms with E-state index in [1.807, 2.05) is 6.07 Å². The zero-order chi connectivity index (χ0) is 12.3. The number of hydrogen-bond acceptors (Lipinski definition) is 2. The fraction of sp³-hybridized carbons (Fsp3) is 0.0769. The van der Waals surface area contributed by atoms with Gasteiger partial charge in [-0.05, 0) is 24.3 Å². The molecule has 88 valence electrons. The summed E-state index contributed by atoms with van der Waals surface area (Å²) in [5.74, 6) is -0.460. The Morgan fingerprint density at radius 2 is 1.59 bits per heavy atom. The molecule has 2 aromatic carbocycles. The lowest BCUT2D eigenvalue weighted by Gasteiger charge is -2.04. The van der Waals surface area contributed by atoms with E-state index in [2.05, 4.69) is 4.36 Å². The predicted octanol–water partition coefficient (Wildman–Crippen LogP) is 3.61. The van der Waals surface area contributed by atoms with Crippen LogP contribution >= 0.6 is 0 Å². The maximum Gasteiger partial charge on any atom is 0.149 e. The average Bonchev–Trinajstić information content (AvgIpc) is 2.33. The van der Waals surface area contributed by atoms with E-state index < -0.39 is 15.5 Å². The van der Waals surface area contributed by atoms with Crippen LogP contribution in [-0.2, 0) is 9.73 Å². The molecule has 0 aliphatic carbocycles. The first-order valence-electron chi connectivity index (χ1n) is 5.11. The molecule has 1 atom stereocenters. The van der Waals surface area contributed by atoms with Gasteiger partial charge in [0.25, 0.3) is 0 Å². The second-order valence-corrected chi connectivity index (χ2v) is 5.92. The van der Waals surface area contributed by atoms with Crippen molar-refractivity contribution in [3.05, 3.63) is 60.4 Å². The highest BCUT2D eigenvalue weighted by molar-refractivity contribution is 7.93. The molecule has 4 heteroatoms. The monoisotopic (exact) mass is 249 g/mol. The zero-order valence-corrected chi connectivity index (χ0v) is 10.2. The number of halogens is 1. The summed E-state index contributed by atoms with van der Waals surface area (Å²) in [5.41, 5.74) is 0.129. The van der Waals surface area contributed by atoms with Crippen molar-refractivity contribution in [3.8, 4) is 0 Å². The van der Waals surface area contributed by atoms with Gasteiger partial charge in [-0.1, -0.05) is 30.3 Å². The first-order chi connectivity index (χ1) is 8.09. The molecule has 0 fully saturated rings. The summed E-state index contributed by atoms with van der Waals surface area (Å²) >= 11 is 0.